The first-order chi connectivity index (χ1) is 8.74. The molecule has 1 aromatic rings. The lowest BCUT2D eigenvalue weighted by Crippen LogP contribution is -2.18. The maximum Gasteiger partial charge on any atom is 0.574 e. The van der Waals surface area contributed by atoms with Gasteiger partial charge in [0.1, 0.15) is 0 Å². The summed E-state index contributed by atoms with van der Waals surface area (Å²) in [7, 11) is 0. The van der Waals surface area contributed by atoms with E-state index in [1.807, 2.05) is 0 Å². The number of carbonyl (C=O) groups is 1. The van der Waals surface area contributed by atoms with E-state index < -0.39 is 24.0 Å². The Morgan fingerprint density at radius 2 is 2.11 bits per heavy atom. The minimum Gasteiger partial charge on any atom is -0.503 e. The van der Waals surface area contributed by atoms with E-state index in [2.05, 4.69) is 9.72 Å². The lowest BCUT2D eigenvalue weighted by Gasteiger charge is -2.12. The van der Waals surface area contributed by atoms with Crippen LogP contribution < -0.4 is 4.74 Å². The molecule has 1 heterocycles. The zero-order valence-electron chi connectivity index (χ0n) is 10.2. The summed E-state index contributed by atoms with van der Waals surface area (Å²) < 4.78 is 44.3. The van der Waals surface area contributed by atoms with Crippen molar-refractivity contribution in [1.82, 2.24) is 4.98 Å². The van der Waals surface area contributed by atoms with Gasteiger partial charge in [0.25, 0.3) is 5.88 Å². The van der Waals surface area contributed by atoms with Crippen LogP contribution in [-0.4, -0.2) is 29.0 Å². The second kappa shape index (κ2) is 5.77. The molecule has 0 spiro atoms. The Morgan fingerprint density at radius 1 is 1.47 bits per heavy atom. The second-order valence-electron chi connectivity index (χ2n) is 3.59. The number of ether oxygens (including phenoxy) is 2. The van der Waals surface area contributed by atoms with Crippen LogP contribution in [0.5, 0.6) is 11.6 Å². The molecule has 1 aromatic heterocycles. The molecule has 0 fully saturated rings. The van der Waals surface area contributed by atoms with Gasteiger partial charge in [-0.2, -0.15) is 0 Å². The normalized spacial score (nSPS) is 11.2. The van der Waals surface area contributed by atoms with Crippen LogP contribution in [0, 0.1) is 6.92 Å². The van der Waals surface area contributed by atoms with E-state index in [1.54, 1.807) is 6.92 Å². The number of rotatable bonds is 4. The van der Waals surface area contributed by atoms with Crippen molar-refractivity contribution >= 4 is 5.97 Å². The predicted molar refractivity (Wildman–Crippen MR) is 57.7 cm³/mol. The molecule has 0 bridgehead atoms. The number of nitrogens with zero attached hydrogens (tertiary/aromatic N) is 1. The third-order valence-electron chi connectivity index (χ3n) is 2.23. The molecule has 0 saturated carbocycles. The topological polar surface area (TPSA) is 68.7 Å². The molecular weight excluding hydrogens is 267 g/mol. The summed E-state index contributed by atoms with van der Waals surface area (Å²) in [5.41, 5.74) is 0.354. The SMILES string of the molecule is CCOC(=O)Cc1cnc(OC(F)(F)F)c(O)c1C. The van der Waals surface area contributed by atoms with Crippen LogP contribution in [0.15, 0.2) is 6.20 Å². The molecule has 106 valence electrons. The zero-order chi connectivity index (χ0) is 14.6. The summed E-state index contributed by atoms with van der Waals surface area (Å²) in [5.74, 6) is -2.26. The molecule has 19 heavy (non-hydrogen) atoms. The molecular formula is C11H12F3NO4. The average molecular weight is 279 g/mol. The van der Waals surface area contributed by atoms with Crippen LogP contribution in [0.1, 0.15) is 18.1 Å². The molecule has 0 saturated heterocycles. The number of hydrogen-bond donors (Lipinski definition) is 1. The lowest BCUT2D eigenvalue weighted by atomic mass is 10.1. The third-order valence-corrected chi connectivity index (χ3v) is 2.23. The molecule has 5 nitrogen and oxygen atoms in total. The Bertz CT molecular complexity index is 474. The number of esters is 1. The summed E-state index contributed by atoms with van der Waals surface area (Å²) in [6.07, 6.45) is -4.10. The van der Waals surface area contributed by atoms with Gasteiger partial charge in [-0.3, -0.25) is 4.79 Å². The van der Waals surface area contributed by atoms with E-state index in [9.17, 15) is 23.1 Å². The van der Waals surface area contributed by atoms with Crippen LogP contribution in [0.25, 0.3) is 0 Å². The number of aromatic nitrogens is 1. The van der Waals surface area contributed by atoms with Crippen molar-refractivity contribution in [3.63, 3.8) is 0 Å². The molecule has 0 unspecified atom stereocenters. The second-order valence-corrected chi connectivity index (χ2v) is 3.59. The number of halogens is 3. The van der Waals surface area contributed by atoms with Gasteiger partial charge in [-0.15, -0.1) is 13.2 Å². The largest absolute Gasteiger partial charge is 0.574 e. The van der Waals surface area contributed by atoms with Gasteiger partial charge in [-0.1, -0.05) is 0 Å². The van der Waals surface area contributed by atoms with Crippen LogP contribution in [0.3, 0.4) is 0 Å². The Labute approximate surface area is 107 Å². The van der Waals surface area contributed by atoms with E-state index in [0.717, 1.165) is 6.20 Å². The van der Waals surface area contributed by atoms with Gasteiger partial charge in [-0.25, -0.2) is 4.98 Å². The van der Waals surface area contributed by atoms with Crippen molar-refractivity contribution in [2.45, 2.75) is 26.6 Å². The Morgan fingerprint density at radius 3 is 2.63 bits per heavy atom. The number of pyridine rings is 1. The molecule has 0 aromatic carbocycles. The first-order valence-corrected chi connectivity index (χ1v) is 5.33. The minimum absolute atomic E-state index is 0.0855. The Balaban J connectivity index is 2.94. The fourth-order valence-corrected chi connectivity index (χ4v) is 1.34. The molecule has 8 heteroatoms. The molecule has 0 radical (unpaired) electrons. The maximum atomic E-state index is 12.0. The first kappa shape index (κ1) is 15.1. The lowest BCUT2D eigenvalue weighted by molar-refractivity contribution is -0.276. The van der Waals surface area contributed by atoms with Crippen molar-refractivity contribution < 1.29 is 32.5 Å². The summed E-state index contributed by atoms with van der Waals surface area (Å²) in [6, 6.07) is 0. The third kappa shape index (κ3) is 4.31. The van der Waals surface area contributed by atoms with Crippen molar-refractivity contribution in [1.29, 1.82) is 0 Å². The highest BCUT2D eigenvalue weighted by molar-refractivity contribution is 5.73. The van der Waals surface area contributed by atoms with Crippen molar-refractivity contribution in [3.05, 3.63) is 17.3 Å². The number of alkyl halides is 3. The quantitative estimate of drug-likeness (QED) is 0.855. The van der Waals surface area contributed by atoms with E-state index in [1.165, 1.54) is 6.92 Å². The van der Waals surface area contributed by atoms with Gasteiger partial charge in [0.05, 0.1) is 13.0 Å². The highest BCUT2D eigenvalue weighted by Crippen LogP contribution is 2.33. The number of aromatic hydroxyl groups is 1. The summed E-state index contributed by atoms with van der Waals surface area (Å²) >= 11 is 0. The van der Waals surface area contributed by atoms with E-state index in [-0.39, 0.29) is 24.2 Å². The highest BCUT2D eigenvalue weighted by atomic mass is 19.4. The smallest absolute Gasteiger partial charge is 0.503 e. The van der Waals surface area contributed by atoms with Gasteiger partial charge in [0, 0.05) is 11.8 Å². The monoisotopic (exact) mass is 279 g/mol. The number of hydrogen-bond acceptors (Lipinski definition) is 5. The van der Waals surface area contributed by atoms with Gasteiger partial charge in [-0.05, 0) is 19.4 Å². The Hall–Kier alpha value is -1.99. The summed E-state index contributed by atoms with van der Waals surface area (Å²) in [5, 5.41) is 9.54. The average Bonchev–Trinajstić information content (AvgIpc) is 2.28. The van der Waals surface area contributed by atoms with Crippen LogP contribution >= 0.6 is 0 Å². The van der Waals surface area contributed by atoms with Crippen LogP contribution in [0.4, 0.5) is 13.2 Å². The molecule has 0 aliphatic carbocycles. The summed E-state index contributed by atoms with van der Waals surface area (Å²) in [6.45, 7) is 3.17. The molecule has 0 amide bonds. The van der Waals surface area contributed by atoms with Gasteiger partial charge in [0.15, 0.2) is 5.75 Å². The van der Waals surface area contributed by atoms with Crippen LogP contribution in [0.2, 0.25) is 0 Å². The van der Waals surface area contributed by atoms with Crippen LogP contribution in [-0.2, 0) is 16.0 Å². The molecule has 0 aliphatic heterocycles. The minimum atomic E-state index is -4.94. The van der Waals surface area contributed by atoms with E-state index in [4.69, 9.17) is 4.74 Å². The zero-order valence-corrected chi connectivity index (χ0v) is 10.2. The molecule has 0 atom stereocenters. The fraction of sp³-hybridized carbons (Fsp3) is 0.455. The van der Waals surface area contributed by atoms with E-state index >= 15 is 0 Å². The first-order valence-electron chi connectivity index (χ1n) is 5.33. The Kier molecular flexibility index (Phi) is 4.57. The highest BCUT2D eigenvalue weighted by Gasteiger charge is 2.33. The predicted octanol–water partition coefficient (Wildman–Crippen LogP) is 2.10. The molecule has 1 rings (SSSR count). The maximum absolute atomic E-state index is 12.0. The van der Waals surface area contributed by atoms with Crippen molar-refractivity contribution in [2.75, 3.05) is 6.61 Å². The molecule has 0 aliphatic rings. The molecule has 1 N–H and O–H groups in total. The van der Waals surface area contributed by atoms with Crippen molar-refractivity contribution in [2.24, 2.45) is 0 Å². The standard InChI is InChI=1S/C11H12F3NO4/c1-3-18-8(16)4-7-5-15-10(9(17)6(7)2)19-11(12,13)14/h5,17H,3-4H2,1-2H3. The van der Waals surface area contributed by atoms with Gasteiger partial charge < -0.3 is 14.6 Å². The number of carbonyl (C=O) groups excluding carboxylic acids is 1. The summed E-state index contributed by atoms with van der Waals surface area (Å²) in [4.78, 5) is 14.6. The van der Waals surface area contributed by atoms with E-state index in [0.29, 0.717) is 0 Å². The van der Waals surface area contributed by atoms with Crippen molar-refractivity contribution in [3.8, 4) is 11.6 Å². The van der Waals surface area contributed by atoms with Gasteiger partial charge in [0.2, 0.25) is 0 Å². The fourth-order valence-electron chi connectivity index (χ4n) is 1.34. The van der Waals surface area contributed by atoms with Gasteiger partial charge >= 0.3 is 12.3 Å².